The number of halogens is 1. The van der Waals surface area contributed by atoms with Crippen LogP contribution in [0.5, 0.6) is 11.5 Å². The van der Waals surface area contributed by atoms with Crippen molar-refractivity contribution in [2.24, 2.45) is 0 Å². The molecule has 0 spiro atoms. The minimum atomic E-state index is 0.476. The van der Waals surface area contributed by atoms with Gasteiger partial charge in [0, 0.05) is 17.0 Å². The van der Waals surface area contributed by atoms with Gasteiger partial charge in [0.15, 0.2) is 5.75 Å². The summed E-state index contributed by atoms with van der Waals surface area (Å²) in [6, 6.07) is 17.8. The SMILES string of the molecule is Cc1ccc2cccc(Oc3cccc(CCl)c3)c2n1. The van der Waals surface area contributed by atoms with Crippen molar-refractivity contribution in [2.45, 2.75) is 12.8 Å². The van der Waals surface area contributed by atoms with Gasteiger partial charge < -0.3 is 4.74 Å². The summed E-state index contributed by atoms with van der Waals surface area (Å²) < 4.78 is 5.97. The summed E-state index contributed by atoms with van der Waals surface area (Å²) in [5, 5.41) is 1.07. The molecule has 0 saturated carbocycles. The van der Waals surface area contributed by atoms with E-state index in [0.717, 1.165) is 33.7 Å². The van der Waals surface area contributed by atoms with Gasteiger partial charge in [-0.3, -0.25) is 0 Å². The molecule has 3 heteroatoms. The van der Waals surface area contributed by atoms with Gasteiger partial charge in [0.05, 0.1) is 0 Å². The number of para-hydroxylation sites is 1. The normalized spacial score (nSPS) is 10.7. The minimum Gasteiger partial charge on any atom is -0.455 e. The Morgan fingerprint density at radius 2 is 1.90 bits per heavy atom. The van der Waals surface area contributed by atoms with Crippen LogP contribution in [-0.2, 0) is 5.88 Å². The second-order valence-corrected chi connectivity index (χ2v) is 4.93. The highest BCUT2D eigenvalue weighted by molar-refractivity contribution is 6.17. The number of rotatable bonds is 3. The number of pyridine rings is 1. The van der Waals surface area contributed by atoms with Gasteiger partial charge >= 0.3 is 0 Å². The monoisotopic (exact) mass is 283 g/mol. The summed E-state index contributed by atoms with van der Waals surface area (Å²) in [4.78, 5) is 4.56. The topological polar surface area (TPSA) is 22.1 Å². The molecule has 0 aliphatic rings. The smallest absolute Gasteiger partial charge is 0.153 e. The highest BCUT2D eigenvalue weighted by Gasteiger charge is 2.05. The Morgan fingerprint density at radius 3 is 2.75 bits per heavy atom. The molecule has 0 atom stereocenters. The summed E-state index contributed by atoms with van der Waals surface area (Å²) >= 11 is 5.85. The van der Waals surface area contributed by atoms with Crippen molar-refractivity contribution in [3.05, 3.63) is 65.9 Å². The van der Waals surface area contributed by atoms with Crippen LogP contribution < -0.4 is 4.74 Å². The second kappa shape index (κ2) is 5.51. The van der Waals surface area contributed by atoms with E-state index in [-0.39, 0.29) is 0 Å². The maximum Gasteiger partial charge on any atom is 0.153 e. The molecule has 3 aromatic rings. The molecule has 0 radical (unpaired) electrons. The van der Waals surface area contributed by atoms with Crippen LogP contribution in [0.15, 0.2) is 54.6 Å². The zero-order valence-electron chi connectivity index (χ0n) is 11.1. The first-order valence-electron chi connectivity index (χ1n) is 6.45. The molecule has 0 saturated heterocycles. The van der Waals surface area contributed by atoms with E-state index in [1.165, 1.54) is 0 Å². The van der Waals surface area contributed by atoms with Gasteiger partial charge in [0.1, 0.15) is 11.3 Å². The molecule has 20 heavy (non-hydrogen) atoms. The summed E-state index contributed by atoms with van der Waals surface area (Å²) in [6.07, 6.45) is 0. The van der Waals surface area contributed by atoms with Gasteiger partial charge in [0.25, 0.3) is 0 Å². The lowest BCUT2D eigenvalue weighted by molar-refractivity contribution is 0.486. The van der Waals surface area contributed by atoms with Crippen molar-refractivity contribution in [3.8, 4) is 11.5 Å². The average Bonchev–Trinajstić information content (AvgIpc) is 2.48. The number of aromatic nitrogens is 1. The number of nitrogens with zero attached hydrogens (tertiary/aromatic N) is 1. The molecular formula is C17H14ClNO. The third-order valence-corrected chi connectivity index (χ3v) is 3.41. The lowest BCUT2D eigenvalue weighted by Gasteiger charge is -2.09. The Hall–Kier alpha value is -2.06. The van der Waals surface area contributed by atoms with Gasteiger partial charge in [-0.2, -0.15) is 0 Å². The van der Waals surface area contributed by atoms with E-state index in [0.29, 0.717) is 5.88 Å². The maximum absolute atomic E-state index is 5.97. The lowest BCUT2D eigenvalue weighted by Crippen LogP contribution is -1.90. The van der Waals surface area contributed by atoms with E-state index in [1.807, 2.05) is 55.5 Å². The number of hydrogen-bond acceptors (Lipinski definition) is 2. The van der Waals surface area contributed by atoms with Crippen molar-refractivity contribution in [3.63, 3.8) is 0 Å². The number of aryl methyl sites for hydroxylation is 1. The van der Waals surface area contributed by atoms with Crippen LogP contribution in [0.3, 0.4) is 0 Å². The molecule has 2 aromatic carbocycles. The predicted molar refractivity (Wildman–Crippen MR) is 82.6 cm³/mol. The zero-order valence-corrected chi connectivity index (χ0v) is 11.9. The summed E-state index contributed by atoms with van der Waals surface area (Å²) in [7, 11) is 0. The quantitative estimate of drug-likeness (QED) is 0.626. The molecule has 1 aromatic heterocycles. The first-order chi connectivity index (χ1) is 9.76. The van der Waals surface area contributed by atoms with Gasteiger partial charge in [-0.25, -0.2) is 4.98 Å². The van der Waals surface area contributed by atoms with E-state index in [2.05, 4.69) is 11.1 Å². The third kappa shape index (κ3) is 2.61. The summed E-state index contributed by atoms with van der Waals surface area (Å²) in [5.41, 5.74) is 2.89. The fourth-order valence-electron chi connectivity index (χ4n) is 2.12. The molecule has 0 bridgehead atoms. The largest absolute Gasteiger partial charge is 0.455 e. The van der Waals surface area contributed by atoms with Crippen molar-refractivity contribution >= 4 is 22.5 Å². The third-order valence-electron chi connectivity index (χ3n) is 3.10. The Labute approximate surface area is 123 Å². The molecule has 1 heterocycles. The molecule has 3 rings (SSSR count). The number of alkyl halides is 1. The number of fused-ring (bicyclic) bond motifs is 1. The number of benzene rings is 2. The standard InChI is InChI=1S/C17H14ClNO/c1-12-8-9-14-5-3-7-16(17(14)19-12)20-15-6-2-4-13(10-15)11-18/h2-10H,11H2,1H3. The lowest BCUT2D eigenvalue weighted by atomic mass is 10.2. The van der Waals surface area contributed by atoms with E-state index in [9.17, 15) is 0 Å². The maximum atomic E-state index is 5.97. The highest BCUT2D eigenvalue weighted by Crippen LogP contribution is 2.29. The molecule has 0 N–H and O–H groups in total. The number of hydrogen-bond donors (Lipinski definition) is 0. The van der Waals surface area contributed by atoms with E-state index in [1.54, 1.807) is 0 Å². The van der Waals surface area contributed by atoms with Crippen molar-refractivity contribution in [1.29, 1.82) is 0 Å². The van der Waals surface area contributed by atoms with Crippen LogP contribution in [-0.4, -0.2) is 4.98 Å². The molecule has 0 unspecified atom stereocenters. The van der Waals surface area contributed by atoms with Crippen LogP contribution >= 0.6 is 11.6 Å². The van der Waals surface area contributed by atoms with Crippen LogP contribution in [0, 0.1) is 6.92 Å². The molecule has 0 amide bonds. The van der Waals surface area contributed by atoms with Crippen LogP contribution in [0.4, 0.5) is 0 Å². The van der Waals surface area contributed by atoms with E-state index in [4.69, 9.17) is 16.3 Å². The molecular weight excluding hydrogens is 270 g/mol. The zero-order chi connectivity index (χ0) is 13.9. The predicted octanol–water partition coefficient (Wildman–Crippen LogP) is 5.07. The molecule has 0 fully saturated rings. The van der Waals surface area contributed by atoms with Gasteiger partial charge in [0.2, 0.25) is 0 Å². The molecule has 2 nitrogen and oxygen atoms in total. The van der Waals surface area contributed by atoms with Gasteiger partial charge in [-0.05, 0) is 36.8 Å². The van der Waals surface area contributed by atoms with Crippen LogP contribution in [0.2, 0.25) is 0 Å². The van der Waals surface area contributed by atoms with Gasteiger partial charge in [-0.1, -0.05) is 30.3 Å². The first kappa shape index (κ1) is 12.9. The Morgan fingerprint density at radius 1 is 1.05 bits per heavy atom. The summed E-state index contributed by atoms with van der Waals surface area (Å²) in [6.45, 7) is 1.98. The fourth-order valence-corrected chi connectivity index (χ4v) is 2.29. The molecule has 0 aliphatic heterocycles. The van der Waals surface area contributed by atoms with E-state index < -0.39 is 0 Å². The summed E-state index contributed by atoms with van der Waals surface area (Å²) in [5.74, 6) is 2.02. The average molecular weight is 284 g/mol. The minimum absolute atomic E-state index is 0.476. The first-order valence-corrected chi connectivity index (χ1v) is 6.99. The highest BCUT2D eigenvalue weighted by atomic mass is 35.5. The Balaban J connectivity index is 2.03. The van der Waals surface area contributed by atoms with E-state index >= 15 is 0 Å². The van der Waals surface area contributed by atoms with Crippen LogP contribution in [0.25, 0.3) is 10.9 Å². The van der Waals surface area contributed by atoms with Crippen molar-refractivity contribution in [2.75, 3.05) is 0 Å². The fraction of sp³-hybridized carbons (Fsp3) is 0.118. The Kier molecular flexibility index (Phi) is 3.57. The van der Waals surface area contributed by atoms with Crippen molar-refractivity contribution in [1.82, 2.24) is 4.98 Å². The molecule has 0 aliphatic carbocycles. The second-order valence-electron chi connectivity index (χ2n) is 4.66. The van der Waals surface area contributed by atoms with Crippen molar-refractivity contribution < 1.29 is 4.74 Å². The Bertz CT molecular complexity index is 755. The van der Waals surface area contributed by atoms with Crippen LogP contribution in [0.1, 0.15) is 11.3 Å². The molecule has 100 valence electrons. The van der Waals surface area contributed by atoms with Gasteiger partial charge in [-0.15, -0.1) is 11.6 Å². The number of ether oxygens (including phenoxy) is 1.